The normalized spacial score (nSPS) is 11.6. The lowest BCUT2D eigenvalue weighted by atomic mass is 10.1. The number of nitrogens with zero attached hydrogens (tertiary/aromatic N) is 1. The van der Waals surface area contributed by atoms with E-state index in [1.807, 2.05) is 0 Å². The Balaban J connectivity index is 3.57. The van der Waals surface area contributed by atoms with Gasteiger partial charge in [-0.15, -0.1) is 10.1 Å². The van der Waals surface area contributed by atoms with Gasteiger partial charge in [-0.3, -0.25) is 10.2 Å². The van der Waals surface area contributed by atoms with E-state index in [1.54, 1.807) is 0 Å². The van der Waals surface area contributed by atoms with Crippen LogP contribution in [0.5, 0.6) is 0 Å². The van der Waals surface area contributed by atoms with Crippen molar-refractivity contribution in [2.45, 2.75) is 25.3 Å². The zero-order chi connectivity index (χ0) is 12.6. The quantitative estimate of drug-likeness (QED) is 0.140. The van der Waals surface area contributed by atoms with Crippen LogP contribution in [0.25, 0.3) is 0 Å². The minimum atomic E-state index is -1.18. The fourth-order valence-electron chi connectivity index (χ4n) is 0.971. The summed E-state index contributed by atoms with van der Waals surface area (Å²) in [6.45, 7) is 0.492. The molecule has 6 N–H and O–H groups in total. The Labute approximate surface area is 91.7 Å². The van der Waals surface area contributed by atoms with Gasteiger partial charge < -0.3 is 16.8 Å². The number of nitrogens with two attached hydrogens (primary N) is 2. The van der Waals surface area contributed by atoms with E-state index in [-0.39, 0.29) is 12.4 Å². The number of unbranched alkanes of at least 4 members (excludes halogenated alkanes) is 1. The molecule has 92 valence electrons. The van der Waals surface area contributed by atoms with Gasteiger partial charge in [-0.1, -0.05) is 0 Å². The van der Waals surface area contributed by atoms with Crippen molar-refractivity contribution >= 4 is 11.9 Å². The summed E-state index contributed by atoms with van der Waals surface area (Å²) in [5, 5.41) is 18.1. The number of carbonyl (C=O) groups is 1. The van der Waals surface area contributed by atoms with Crippen molar-refractivity contribution in [1.29, 1.82) is 5.41 Å². The lowest BCUT2D eigenvalue weighted by Crippen LogP contribution is -2.34. The molecule has 0 unspecified atom stereocenters. The van der Waals surface area contributed by atoms with E-state index in [4.69, 9.17) is 16.9 Å². The van der Waals surface area contributed by atoms with Crippen LogP contribution in [-0.4, -0.2) is 29.6 Å². The van der Waals surface area contributed by atoms with Crippen molar-refractivity contribution in [1.82, 2.24) is 5.32 Å². The minimum absolute atomic E-state index is 0.128. The van der Waals surface area contributed by atoms with Crippen molar-refractivity contribution in [3.8, 4) is 0 Å². The molecule has 0 aliphatic heterocycles. The summed E-state index contributed by atoms with van der Waals surface area (Å²) in [5.74, 6) is -1.18. The van der Waals surface area contributed by atoms with Gasteiger partial charge >= 0.3 is 11.1 Å². The Morgan fingerprint density at radius 1 is 1.56 bits per heavy atom. The molecule has 0 saturated heterocycles. The molecule has 0 spiro atoms. The zero-order valence-corrected chi connectivity index (χ0v) is 8.64. The summed E-state index contributed by atoms with van der Waals surface area (Å²) in [7, 11) is 0. The molecule has 0 aliphatic carbocycles. The molecule has 0 aromatic rings. The van der Waals surface area contributed by atoms with Crippen molar-refractivity contribution in [2.24, 2.45) is 11.5 Å². The van der Waals surface area contributed by atoms with Crippen molar-refractivity contribution in [3.05, 3.63) is 10.1 Å². The third-order valence-electron chi connectivity index (χ3n) is 1.72. The summed E-state index contributed by atoms with van der Waals surface area (Å²) in [4.78, 5) is 24.4. The van der Waals surface area contributed by atoms with Gasteiger partial charge in [0.15, 0.2) is 5.96 Å². The SMILES string of the molecule is N=C(N)NCCCC[C@H](N)C(=O)O[N+](=O)[O-]. The monoisotopic (exact) mass is 233 g/mol. The maximum atomic E-state index is 10.9. The van der Waals surface area contributed by atoms with Crippen LogP contribution < -0.4 is 16.8 Å². The number of hydrogen-bond acceptors (Lipinski definition) is 6. The predicted octanol–water partition coefficient (Wildman–Crippen LogP) is -1.30. The second kappa shape index (κ2) is 7.40. The molecule has 9 nitrogen and oxygen atoms in total. The second-order valence-corrected chi connectivity index (χ2v) is 3.08. The van der Waals surface area contributed by atoms with Gasteiger partial charge in [0.05, 0.1) is 6.04 Å². The molecule has 0 aromatic heterocycles. The molecule has 0 fully saturated rings. The van der Waals surface area contributed by atoms with E-state index in [0.29, 0.717) is 19.4 Å². The first-order chi connectivity index (χ1) is 7.43. The van der Waals surface area contributed by atoms with Crippen molar-refractivity contribution < 1.29 is 14.7 Å². The molecule has 1 atom stereocenters. The van der Waals surface area contributed by atoms with Gasteiger partial charge in [-0.25, -0.2) is 4.84 Å². The summed E-state index contributed by atoms with van der Waals surface area (Å²) >= 11 is 0. The molecule has 0 rings (SSSR count). The Kier molecular flexibility index (Phi) is 6.52. The van der Waals surface area contributed by atoms with Crippen molar-refractivity contribution in [2.75, 3.05) is 6.54 Å². The molecule has 0 bridgehead atoms. The summed E-state index contributed by atoms with van der Waals surface area (Å²) in [5.41, 5.74) is 10.4. The van der Waals surface area contributed by atoms with Crippen LogP contribution in [0.1, 0.15) is 19.3 Å². The molecule has 16 heavy (non-hydrogen) atoms. The van der Waals surface area contributed by atoms with Gasteiger partial charge in [0.25, 0.3) is 0 Å². The van der Waals surface area contributed by atoms with Gasteiger partial charge in [-0.2, -0.15) is 0 Å². The van der Waals surface area contributed by atoms with E-state index >= 15 is 0 Å². The van der Waals surface area contributed by atoms with Gasteiger partial charge in [0.1, 0.15) is 0 Å². The Morgan fingerprint density at radius 3 is 2.69 bits per heavy atom. The molecule has 0 amide bonds. The highest BCUT2D eigenvalue weighted by Gasteiger charge is 2.16. The Bertz CT molecular complexity index is 270. The Morgan fingerprint density at radius 2 is 2.19 bits per heavy atom. The van der Waals surface area contributed by atoms with Crippen molar-refractivity contribution in [3.63, 3.8) is 0 Å². The summed E-state index contributed by atoms with van der Waals surface area (Å²) in [6, 6.07) is -0.997. The number of nitrogens with one attached hydrogen (secondary N) is 2. The van der Waals surface area contributed by atoms with Crippen LogP contribution in [0.3, 0.4) is 0 Å². The fraction of sp³-hybridized carbons (Fsp3) is 0.714. The first-order valence-corrected chi connectivity index (χ1v) is 4.63. The van der Waals surface area contributed by atoms with E-state index < -0.39 is 17.1 Å². The van der Waals surface area contributed by atoms with Crippen LogP contribution in [0.2, 0.25) is 0 Å². The highest BCUT2D eigenvalue weighted by molar-refractivity contribution is 5.74. The van der Waals surface area contributed by atoms with Crippen LogP contribution >= 0.6 is 0 Å². The highest BCUT2D eigenvalue weighted by Crippen LogP contribution is 2.00. The number of carbonyl (C=O) groups excluding carboxylic acids is 1. The zero-order valence-electron chi connectivity index (χ0n) is 8.64. The molecular formula is C7H15N5O4. The molecule has 9 heteroatoms. The number of rotatable bonds is 7. The smallest absolute Gasteiger partial charge is 0.320 e. The first-order valence-electron chi connectivity index (χ1n) is 4.63. The maximum Gasteiger partial charge on any atom is 0.320 e. The average molecular weight is 233 g/mol. The second-order valence-electron chi connectivity index (χ2n) is 3.08. The predicted molar refractivity (Wildman–Crippen MR) is 54.8 cm³/mol. The van der Waals surface area contributed by atoms with Gasteiger partial charge in [0.2, 0.25) is 0 Å². The first kappa shape index (κ1) is 14.1. The van der Waals surface area contributed by atoms with Crippen LogP contribution in [0.15, 0.2) is 0 Å². The van der Waals surface area contributed by atoms with Crippen LogP contribution in [-0.2, 0) is 9.63 Å². The molecule has 0 radical (unpaired) electrons. The maximum absolute atomic E-state index is 10.9. The van der Waals surface area contributed by atoms with E-state index in [9.17, 15) is 14.9 Å². The van der Waals surface area contributed by atoms with Gasteiger partial charge in [-0.05, 0) is 19.3 Å². The molecule has 0 saturated carbocycles. The van der Waals surface area contributed by atoms with Crippen LogP contribution in [0, 0.1) is 15.5 Å². The number of hydrogen-bond donors (Lipinski definition) is 4. The van der Waals surface area contributed by atoms with Gasteiger partial charge in [0, 0.05) is 6.54 Å². The fourth-order valence-corrected chi connectivity index (χ4v) is 0.971. The standard InChI is InChI=1S/C7H15N5O4/c8-5(6(13)16-12(14)15)3-1-2-4-11-7(9)10/h5H,1-4,8H2,(H4,9,10,11)/t5-/m0/s1. The summed E-state index contributed by atoms with van der Waals surface area (Å²) in [6.07, 6.45) is 1.51. The molecule has 0 heterocycles. The average Bonchev–Trinajstić information content (AvgIpc) is 2.15. The largest absolute Gasteiger partial charge is 0.370 e. The Hall–Kier alpha value is -1.90. The highest BCUT2D eigenvalue weighted by atomic mass is 17.0. The number of guanidine groups is 1. The summed E-state index contributed by atoms with van der Waals surface area (Å²) < 4.78 is 0. The van der Waals surface area contributed by atoms with Crippen LogP contribution in [0.4, 0.5) is 0 Å². The third kappa shape index (κ3) is 7.50. The lowest BCUT2D eigenvalue weighted by molar-refractivity contribution is -0.729. The molecule has 0 aliphatic rings. The topological polar surface area (TPSA) is 157 Å². The molecular weight excluding hydrogens is 218 g/mol. The van der Waals surface area contributed by atoms with E-state index in [2.05, 4.69) is 10.2 Å². The lowest BCUT2D eigenvalue weighted by Gasteiger charge is -2.08. The van der Waals surface area contributed by atoms with E-state index in [1.165, 1.54) is 0 Å². The minimum Gasteiger partial charge on any atom is -0.370 e. The third-order valence-corrected chi connectivity index (χ3v) is 1.72. The molecule has 0 aromatic carbocycles. The van der Waals surface area contributed by atoms with E-state index in [0.717, 1.165) is 0 Å².